The Morgan fingerprint density at radius 2 is 2.10 bits per heavy atom. The highest BCUT2D eigenvalue weighted by Crippen LogP contribution is 2.36. The zero-order valence-electron chi connectivity index (χ0n) is 12.1. The number of hydrogen-bond donors (Lipinski definition) is 1. The molecule has 0 aromatic carbocycles. The van der Waals surface area contributed by atoms with Crippen molar-refractivity contribution in [3.63, 3.8) is 0 Å². The highest BCUT2D eigenvalue weighted by Gasteiger charge is 2.38. The van der Waals surface area contributed by atoms with Gasteiger partial charge in [-0.05, 0) is 37.6 Å². The quantitative estimate of drug-likeness (QED) is 0.808. The van der Waals surface area contributed by atoms with E-state index in [4.69, 9.17) is 5.73 Å². The van der Waals surface area contributed by atoms with Gasteiger partial charge < -0.3 is 5.73 Å². The van der Waals surface area contributed by atoms with Crippen molar-refractivity contribution in [3.8, 4) is 0 Å². The molecule has 1 aliphatic heterocycles. The summed E-state index contributed by atoms with van der Waals surface area (Å²) in [4.78, 5) is 2.22. The van der Waals surface area contributed by atoms with Crippen LogP contribution in [-0.4, -0.2) is 36.8 Å². The topological polar surface area (TPSA) is 29.3 Å². The number of alkyl halides is 3. The Hall–Kier alpha value is -0.550. The fraction of sp³-hybridized carbons (Fsp3) is 0.867. The minimum absolute atomic E-state index is 0.119. The van der Waals surface area contributed by atoms with Gasteiger partial charge in [-0.2, -0.15) is 13.2 Å². The first kappa shape index (κ1) is 15.8. The first-order valence-corrected chi connectivity index (χ1v) is 7.66. The molecule has 0 aromatic heterocycles. The number of hydrogen-bond acceptors (Lipinski definition) is 2. The smallest absolute Gasteiger partial charge is 0.330 e. The SMILES string of the molecule is CCC1CCC(CN)C(N2CC=C(C(F)(F)F)CC2)C1. The Balaban J connectivity index is 2.01. The van der Waals surface area contributed by atoms with Crippen LogP contribution in [0.4, 0.5) is 13.2 Å². The van der Waals surface area contributed by atoms with Crippen molar-refractivity contribution in [2.45, 2.75) is 51.2 Å². The van der Waals surface area contributed by atoms with Crippen LogP contribution in [0.15, 0.2) is 11.6 Å². The van der Waals surface area contributed by atoms with Crippen molar-refractivity contribution in [3.05, 3.63) is 11.6 Å². The predicted octanol–water partition coefficient (Wildman–Crippen LogP) is 3.33. The largest absolute Gasteiger partial charge is 0.412 e. The van der Waals surface area contributed by atoms with Gasteiger partial charge in [-0.3, -0.25) is 4.90 Å². The summed E-state index contributed by atoms with van der Waals surface area (Å²) in [5, 5.41) is 0. The first-order chi connectivity index (χ1) is 9.45. The van der Waals surface area contributed by atoms with Crippen molar-refractivity contribution in [1.29, 1.82) is 0 Å². The lowest BCUT2D eigenvalue weighted by molar-refractivity contribution is -0.0969. The summed E-state index contributed by atoms with van der Waals surface area (Å²) in [6.07, 6.45) is 1.91. The Morgan fingerprint density at radius 3 is 2.60 bits per heavy atom. The van der Waals surface area contributed by atoms with E-state index in [-0.39, 0.29) is 12.0 Å². The van der Waals surface area contributed by atoms with Crippen LogP contribution in [0.3, 0.4) is 0 Å². The molecule has 2 N–H and O–H groups in total. The van der Waals surface area contributed by atoms with E-state index in [0.717, 1.165) is 19.3 Å². The second kappa shape index (κ2) is 6.48. The van der Waals surface area contributed by atoms with Crippen LogP contribution in [0.5, 0.6) is 0 Å². The van der Waals surface area contributed by atoms with Gasteiger partial charge in [0.05, 0.1) is 0 Å². The zero-order chi connectivity index (χ0) is 14.8. The molecular formula is C15H25F3N2. The summed E-state index contributed by atoms with van der Waals surface area (Å²) >= 11 is 0. The number of rotatable bonds is 3. The van der Waals surface area contributed by atoms with Crippen molar-refractivity contribution in [2.24, 2.45) is 17.6 Å². The standard InChI is InChI=1S/C15H25F3N2/c1-2-11-3-4-12(10-19)14(9-11)20-7-5-13(6-8-20)15(16,17)18/h5,11-12,14H,2-4,6-10,19H2,1H3. The first-order valence-electron chi connectivity index (χ1n) is 7.66. The molecule has 1 fully saturated rings. The van der Waals surface area contributed by atoms with Crippen molar-refractivity contribution >= 4 is 0 Å². The van der Waals surface area contributed by atoms with Gasteiger partial charge in [-0.1, -0.05) is 25.8 Å². The van der Waals surface area contributed by atoms with E-state index in [0.29, 0.717) is 37.5 Å². The summed E-state index contributed by atoms with van der Waals surface area (Å²) in [6, 6.07) is 0.365. The third-order valence-electron chi connectivity index (χ3n) is 5.02. The maximum atomic E-state index is 12.7. The molecule has 1 heterocycles. The van der Waals surface area contributed by atoms with Gasteiger partial charge in [0.15, 0.2) is 0 Å². The minimum Gasteiger partial charge on any atom is -0.330 e. The number of nitrogens with two attached hydrogens (primary N) is 1. The van der Waals surface area contributed by atoms with Gasteiger partial charge >= 0.3 is 6.18 Å². The second-order valence-corrected chi connectivity index (χ2v) is 6.12. The van der Waals surface area contributed by atoms with Crippen molar-refractivity contribution in [2.75, 3.05) is 19.6 Å². The lowest BCUT2D eigenvalue weighted by Crippen LogP contribution is -2.48. The molecule has 0 aromatic rings. The van der Waals surface area contributed by atoms with Gasteiger partial charge in [0.25, 0.3) is 0 Å². The monoisotopic (exact) mass is 290 g/mol. The molecule has 3 atom stereocenters. The molecule has 2 aliphatic rings. The van der Waals surface area contributed by atoms with E-state index < -0.39 is 6.18 Å². The Labute approximate surface area is 119 Å². The summed E-state index contributed by atoms with van der Waals surface area (Å²) in [7, 11) is 0. The lowest BCUT2D eigenvalue weighted by atomic mass is 9.76. The highest BCUT2D eigenvalue weighted by atomic mass is 19.4. The average Bonchev–Trinajstić information content (AvgIpc) is 2.45. The van der Waals surface area contributed by atoms with E-state index in [9.17, 15) is 13.2 Å². The van der Waals surface area contributed by atoms with E-state index in [1.807, 2.05) is 0 Å². The summed E-state index contributed by atoms with van der Waals surface area (Å²) in [6.45, 7) is 3.78. The van der Waals surface area contributed by atoms with Crippen molar-refractivity contribution in [1.82, 2.24) is 4.90 Å². The third kappa shape index (κ3) is 3.55. The molecule has 20 heavy (non-hydrogen) atoms. The maximum Gasteiger partial charge on any atom is 0.412 e. The van der Waals surface area contributed by atoms with Crippen LogP contribution in [0, 0.1) is 11.8 Å². The molecule has 2 nitrogen and oxygen atoms in total. The summed E-state index contributed by atoms with van der Waals surface area (Å²) in [5.41, 5.74) is 5.50. The van der Waals surface area contributed by atoms with Crippen LogP contribution in [0.2, 0.25) is 0 Å². The van der Waals surface area contributed by atoms with E-state index in [1.54, 1.807) is 0 Å². The third-order valence-corrected chi connectivity index (χ3v) is 5.02. The summed E-state index contributed by atoms with van der Waals surface area (Å²) in [5.74, 6) is 1.15. The highest BCUT2D eigenvalue weighted by molar-refractivity contribution is 5.13. The molecule has 1 aliphatic carbocycles. The van der Waals surface area contributed by atoms with Gasteiger partial charge in [-0.25, -0.2) is 0 Å². The van der Waals surface area contributed by atoms with Crippen LogP contribution < -0.4 is 5.73 Å². The maximum absolute atomic E-state index is 12.7. The molecule has 0 amide bonds. The minimum atomic E-state index is -4.15. The van der Waals surface area contributed by atoms with Crippen LogP contribution in [0.25, 0.3) is 0 Å². The predicted molar refractivity (Wildman–Crippen MR) is 74.3 cm³/mol. The molecule has 0 bridgehead atoms. The van der Waals surface area contributed by atoms with Gasteiger partial charge in [0.2, 0.25) is 0 Å². The van der Waals surface area contributed by atoms with Gasteiger partial charge in [0.1, 0.15) is 0 Å². The molecule has 116 valence electrons. The summed E-state index contributed by atoms with van der Waals surface area (Å²) < 4.78 is 38.0. The molecule has 3 unspecified atom stereocenters. The Bertz CT molecular complexity index is 352. The number of nitrogens with zero attached hydrogens (tertiary/aromatic N) is 1. The fourth-order valence-corrected chi connectivity index (χ4v) is 3.63. The van der Waals surface area contributed by atoms with Crippen LogP contribution in [-0.2, 0) is 0 Å². The Morgan fingerprint density at radius 1 is 1.35 bits per heavy atom. The number of halogens is 3. The molecule has 0 saturated heterocycles. The molecule has 1 saturated carbocycles. The normalized spacial score (nSPS) is 33.0. The van der Waals surface area contributed by atoms with E-state index in [2.05, 4.69) is 11.8 Å². The van der Waals surface area contributed by atoms with Crippen molar-refractivity contribution < 1.29 is 13.2 Å². The van der Waals surface area contributed by atoms with E-state index in [1.165, 1.54) is 12.5 Å². The van der Waals surface area contributed by atoms with Crippen LogP contribution >= 0.6 is 0 Å². The van der Waals surface area contributed by atoms with Gasteiger partial charge in [-0.15, -0.1) is 0 Å². The second-order valence-electron chi connectivity index (χ2n) is 6.12. The molecule has 0 radical (unpaired) electrons. The van der Waals surface area contributed by atoms with Gasteiger partial charge in [0, 0.05) is 24.7 Å². The Kier molecular flexibility index (Phi) is 5.13. The van der Waals surface area contributed by atoms with E-state index >= 15 is 0 Å². The molecule has 0 spiro atoms. The fourth-order valence-electron chi connectivity index (χ4n) is 3.63. The average molecular weight is 290 g/mol. The molecular weight excluding hydrogens is 265 g/mol. The zero-order valence-corrected chi connectivity index (χ0v) is 12.1. The van der Waals surface area contributed by atoms with Crippen LogP contribution in [0.1, 0.15) is 39.0 Å². The molecule has 5 heteroatoms. The molecule has 2 rings (SSSR count). The lowest BCUT2D eigenvalue weighted by Gasteiger charge is -2.43.